The van der Waals surface area contributed by atoms with Gasteiger partial charge in [-0.1, -0.05) is 0 Å². The largest absolute Gasteiger partial charge is 0.469 e. The molecule has 6 heteroatoms. The van der Waals surface area contributed by atoms with Crippen LogP contribution in [-0.4, -0.2) is 29.2 Å². The fourth-order valence-electron chi connectivity index (χ4n) is 2.09. The molecule has 0 aliphatic heterocycles. The second kappa shape index (κ2) is 6.13. The van der Waals surface area contributed by atoms with Gasteiger partial charge in [0.1, 0.15) is 6.10 Å². The Hall–Kier alpha value is -1.17. The van der Waals surface area contributed by atoms with Gasteiger partial charge in [-0.3, -0.25) is 4.79 Å². The average molecular weight is 315 g/mol. The van der Waals surface area contributed by atoms with E-state index in [0.29, 0.717) is 6.01 Å². The lowest BCUT2D eigenvalue weighted by atomic mass is 9.87. The molecule has 1 heterocycles. The molecule has 0 bridgehead atoms. The van der Waals surface area contributed by atoms with E-state index < -0.39 is 0 Å². The van der Waals surface area contributed by atoms with Crippen LogP contribution >= 0.6 is 15.9 Å². The summed E-state index contributed by atoms with van der Waals surface area (Å²) in [6.07, 6.45) is 6.66. The van der Waals surface area contributed by atoms with Crippen LogP contribution < -0.4 is 4.74 Å². The summed E-state index contributed by atoms with van der Waals surface area (Å²) in [4.78, 5) is 19.5. The average Bonchev–Trinajstić information content (AvgIpc) is 2.41. The summed E-state index contributed by atoms with van der Waals surface area (Å²) in [7, 11) is 1.43. The van der Waals surface area contributed by atoms with Crippen LogP contribution in [0, 0.1) is 5.92 Å². The quantitative estimate of drug-likeness (QED) is 0.801. The van der Waals surface area contributed by atoms with E-state index in [2.05, 4.69) is 25.9 Å². The Kier molecular flexibility index (Phi) is 4.52. The van der Waals surface area contributed by atoms with E-state index in [4.69, 9.17) is 9.47 Å². The number of esters is 1. The lowest BCUT2D eigenvalue weighted by Gasteiger charge is -2.26. The fraction of sp³-hybridized carbons (Fsp3) is 0.583. The first-order chi connectivity index (χ1) is 8.69. The van der Waals surface area contributed by atoms with Crippen molar-refractivity contribution in [1.29, 1.82) is 0 Å². The minimum Gasteiger partial charge on any atom is -0.469 e. The Labute approximate surface area is 114 Å². The molecule has 5 nitrogen and oxygen atoms in total. The summed E-state index contributed by atoms with van der Waals surface area (Å²) >= 11 is 3.27. The number of aromatic nitrogens is 2. The molecule has 1 fully saturated rings. The van der Waals surface area contributed by atoms with Crippen LogP contribution in [0.5, 0.6) is 6.01 Å². The molecule has 0 atom stereocenters. The summed E-state index contributed by atoms with van der Waals surface area (Å²) in [6, 6.07) is 0.389. The zero-order valence-electron chi connectivity index (χ0n) is 10.1. The van der Waals surface area contributed by atoms with Gasteiger partial charge in [0, 0.05) is 12.4 Å². The van der Waals surface area contributed by atoms with E-state index in [1.54, 1.807) is 12.4 Å². The van der Waals surface area contributed by atoms with Crippen LogP contribution in [0.15, 0.2) is 16.9 Å². The number of ether oxygens (including phenoxy) is 2. The summed E-state index contributed by atoms with van der Waals surface area (Å²) in [5.41, 5.74) is 0. The van der Waals surface area contributed by atoms with E-state index in [0.717, 1.165) is 30.2 Å². The molecule has 0 N–H and O–H groups in total. The number of hydrogen-bond donors (Lipinski definition) is 0. The topological polar surface area (TPSA) is 61.3 Å². The molecule has 98 valence electrons. The molecule has 0 saturated heterocycles. The van der Waals surface area contributed by atoms with Gasteiger partial charge in [-0.2, -0.15) is 0 Å². The van der Waals surface area contributed by atoms with Gasteiger partial charge in [0.2, 0.25) is 0 Å². The summed E-state index contributed by atoms with van der Waals surface area (Å²) < 4.78 is 11.2. The highest BCUT2D eigenvalue weighted by Gasteiger charge is 2.28. The molecule has 1 aromatic rings. The predicted octanol–water partition coefficient (Wildman–Crippen LogP) is 2.35. The molecule has 0 spiro atoms. The van der Waals surface area contributed by atoms with Crippen molar-refractivity contribution in [3.63, 3.8) is 0 Å². The van der Waals surface area contributed by atoms with Gasteiger partial charge in [-0.25, -0.2) is 9.97 Å². The number of hydrogen-bond acceptors (Lipinski definition) is 5. The van der Waals surface area contributed by atoms with Crippen molar-refractivity contribution in [3.8, 4) is 6.01 Å². The highest BCUT2D eigenvalue weighted by molar-refractivity contribution is 9.10. The van der Waals surface area contributed by atoms with Crippen molar-refractivity contribution in [2.75, 3.05) is 7.11 Å². The van der Waals surface area contributed by atoms with Crippen LogP contribution in [0.3, 0.4) is 0 Å². The molecule has 1 aliphatic rings. The normalized spacial score (nSPS) is 23.4. The van der Waals surface area contributed by atoms with Gasteiger partial charge >= 0.3 is 12.0 Å². The molecule has 1 aromatic heterocycles. The predicted molar refractivity (Wildman–Crippen MR) is 68.1 cm³/mol. The van der Waals surface area contributed by atoms with Crippen LogP contribution in [-0.2, 0) is 9.53 Å². The maximum Gasteiger partial charge on any atom is 0.316 e. The molecule has 1 saturated carbocycles. The summed E-state index contributed by atoms with van der Waals surface area (Å²) in [5, 5.41) is 0. The lowest BCUT2D eigenvalue weighted by molar-refractivity contribution is -0.147. The van der Waals surface area contributed by atoms with Crippen LogP contribution in [0.4, 0.5) is 0 Å². The SMILES string of the molecule is COC(=O)C1CCC(Oc2ncc(Br)cn2)CC1. The Bertz CT molecular complexity index is 402. The second-order valence-corrected chi connectivity index (χ2v) is 5.21. The fourth-order valence-corrected chi connectivity index (χ4v) is 2.30. The summed E-state index contributed by atoms with van der Waals surface area (Å²) in [5.74, 6) is -0.103. The monoisotopic (exact) mass is 314 g/mol. The summed E-state index contributed by atoms with van der Waals surface area (Å²) in [6.45, 7) is 0. The van der Waals surface area contributed by atoms with E-state index >= 15 is 0 Å². The number of rotatable bonds is 3. The van der Waals surface area contributed by atoms with E-state index in [1.807, 2.05) is 0 Å². The van der Waals surface area contributed by atoms with Crippen molar-refractivity contribution >= 4 is 21.9 Å². The van der Waals surface area contributed by atoms with Crippen molar-refractivity contribution < 1.29 is 14.3 Å². The minimum absolute atomic E-state index is 0.0145. The van der Waals surface area contributed by atoms with Gasteiger partial charge in [-0.15, -0.1) is 0 Å². The zero-order chi connectivity index (χ0) is 13.0. The first kappa shape index (κ1) is 13.3. The first-order valence-electron chi connectivity index (χ1n) is 5.91. The lowest BCUT2D eigenvalue weighted by Crippen LogP contribution is -2.29. The molecular weight excluding hydrogens is 300 g/mol. The Morgan fingerprint density at radius 2 is 1.89 bits per heavy atom. The molecular formula is C12H15BrN2O3. The Balaban J connectivity index is 1.83. The highest BCUT2D eigenvalue weighted by atomic mass is 79.9. The third-order valence-electron chi connectivity index (χ3n) is 3.08. The Morgan fingerprint density at radius 1 is 1.28 bits per heavy atom. The number of nitrogens with zero attached hydrogens (tertiary/aromatic N) is 2. The van der Waals surface area contributed by atoms with Crippen molar-refractivity contribution in [2.24, 2.45) is 5.92 Å². The van der Waals surface area contributed by atoms with Crippen LogP contribution in [0.1, 0.15) is 25.7 Å². The molecule has 2 rings (SSSR count). The number of methoxy groups -OCH3 is 1. The molecule has 1 aliphatic carbocycles. The van der Waals surface area contributed by atoms with E-state index in [9.17, 15) is 4.79 Å². The maximum atomic E-state index is 11.4. The third kappa shape index (κ3) is 3.41. The van der Waals surface area contributed by atoms with Crippen molar-refractivity contribution in [1.82, 2.24) is 9.97 Å². The van der Waals surface area contributed by atoms with E-state index in [1.165, 1.54) is 7.11 Å². The third-order valence-corrected chi connectivity index (χ3v) is 3.49. The molecule has 0 amide bonds. The first-order valence-corrected chi connectivity index (χ1v) is 6.70. The molecule has 18 heavy (non-hydrogen) atoms. The standard InChI is InChI=1S/C12H15BrN2O3/c1-17-11(16)8-2-4-10(5-3-8)18-12-14-6-9(13)7-15-12/h6-8,10H,2-5H2,1H3. The van der Waals surface area contributed by atoms with Gasteiger partial charge in [-0.05, 0) is 41.6 Å². The zero-order valence-corrected chi connectivity index (χ0v) is 11.7. The molecule has 0 radical (unpaired) electrons. The Morgan fingerprint density at radius 3 is 2.44 bits per heavy atom. The second-order valence-electron chi connectivity index (χ2n) is 4.30. The minimum atomic E-state index is -0.117. The van der Waals surface area contributed by atoms with Gasteiger partial charge < -0.3 is 9.47 Å². The van der Waals surface area contributed by atoms with Crippen LogP contribution in [0.25, 0.3) is 0 Å². The highest BCUT2D eigenvalue weighted by Crippen LogP contribution is 2.27. The number of carbonyl (C=O) groups is 1. The van der Waals surface area contributed by atoms with Gasteiger partial charge in [0.25, 0.3) is 0 Å². The molecule has 0 unspecified atom stereocenters. The van der Waals surface area contributed by atoms with Crippen LogP contribution in [0.2, 0.25) is 0 Å². The van der Waals surface area contributed by atoms with Crippen molar-refractivity contribution in [3.05, 3.63) is 16.9 Å². The number of carbonyl (C=O) groups excluding carboxylic acids is 1. The number of halogens is 1. The smallest absolute Gasteiger partial charge is 0.316 e. The van der Waals surface area contributed by atoms with Gasteiger partial charge in [0.15, 0.2) is 0 Å². The van der Waals surface area contributed by atoms with E-state index in [-0.39, 0.29) is 18.0 Å². The molecule has 0 aromatic carbocycles. The maximum absolute atomic E-state index is 11.4. The van der Waals surface area contributed by atoms with Crippen molar-refractivity contribution in [2.45, 2.75) is 31.8 Å². The van der Waals surface area contributed by atoms with Gasteiger partial charge in [0.05, 0.1) is 17.5 Å².